The summed E-state index contributed by atoms with van der Waals surface area (Å²) in [5.41, 5.74) is 0.731. The second-order valence-corrected chi connectivity index (χ2v) is 6.29. The van der Waals surface area contributed by atoms with E-state index in [0.717, 1.165) is 11.3 Å². The minimum atomic E-state index is -0.925. The minimum absolute atomic E-state index is 0.204. The lowest BCUT2D eigenvalue weighted by Gasteiger charge is -2.23. The third kappa shape index (κ3) is 4.80. The SMILES string of the molecule is CC(C)(C#N)NC(=O)C(Cc1ccccn1)c1ccc(Cl)cc1. The van der Waals surface area contributed by atoms with E-state index in [4.69, 9.17) is 16.9 Å². The van der Waals surface area contributed by atoms with Gasteiger partial charge in [-0.1, -0.05) is 29.8 Å². The van der Waals surface area contributed by atoms with Crippen LogP contribution in [-0.4, -0.2) is 16.4 Å². The van der Waals surface area contributed by atoms with Crippen molar-refractivity contribution < 1.29 is 4.79 Å². The van der Waals surface area contributed by atoms with E-state index in [1.807, 2.05) is 30.3 Å². The van der Waals surface area contributed by atoms with Crippen molar-refractivity contribution >= 4 is 17.5 Å². The Bertz CT molecular complexity index is 705. The summed E-state index contributed by atoms with van der Waals surface area (Å²) in [7, 11) is 0. The molecule has 2 aromatic rings. The molecule has 1 amide bonds. The van der Waals surface area contributed by atoms with Crippen LogP contribution in [0.15, 0.2) is 48.7 Å². The van der Waals surface area contributed by atoms with Crippen LogP contribution in [0.25, 0.3) is 0 Å². The summed E-state index contributed by atoms with van der Waals surface area (Å²) in [4.78, 5) is 17.0. The topological polar surface area (TPSA) is 65.8 Å². The first kappa shape index (κ1) is 17.0. The standard InChI is InChI=1S/C18H18ClN3O/c1-18(2,12-20)22-17(23)16(11-15-5-3-4-10-21-15)13-6-8-14(19)9-7-13/h3-10,16H,11H2,1-2H3,(H,22,23). The predicted molar refractivity (Wildman–Crippen MR) is 90.0 cm³/mol. The predicted octanol–water partition coefficient (Wildman–Crippen LogP) is 3.48. The molecule has 1 heterocycles. The molecule has 0 fully saturated rings. The fourth-order valence-corrected chi connectivity index (χ4v) is 2.33. The van der Waals surface area contributed by atoms with E-state index in [-0.39, 0.29) is 5.91 Å². The molecule has 4 nitrogen and oxygen atoms in total. The number of nitrogens with zero attached hydrogens (tertiary/aromatic N) is 2. The van der Waals surface area contributed by atoms with Crippen LogP contribution in [0.5, 0.6) is 0 Å². The van der Waals surface area contributed by atoms with Crippen molar-refractivity contribution in [1.82, 2.24) is 10.3 Å². The molecule has 5 heteroatoms. The van der Waals surface area contributed by atoms with E-state index in [1.165, 1.54) is 0 Å². The maximum atomic E-state index is 12.7. The average Bonchev–Trinajstić information content (AvgIpc) is 2.54. The van der Waals surface area contributed by atoms with Gasteiger partial charge in [0.25, 0.3) is 0 Å². The maximum absolute atomic E-state index is 12.7. The number of benzene rings is 1. The zero-order valence-electron chi connectivity index (χ0n) is 13.1. The molecule has 118 valence electrons. The van der Waals surface area contributed by atoms with Gasteiger partial charge in [-0.05, 0) is 43.7 Å². The molecule has 0 aliphatic carbocycles. The van der Waals surface area contributed by atoms with Gasteiger partial charge in [-0.15, -0.1) is 0 Å². The summed E-state index contributed by atoms with van der Waals surface area (Å²) in [6.45, 7) is 3.34. The van der Waals surface area contributed by atoms with Crippen molar-refractivity contribution in [1.29, 1.82) is 5.26 Å². The monoisotopic (exact) mass is 327 g/mol. The molecule has 1 aromatic carbocycles. The van der Waals surface area contributed by atoms with Crippen LogP contribution in [0.4, 0.5) is 0 Å². The van der Waals surface area contributed by atoms with Gasteiger partial charge in [-0.3, -0.25) is 9.78 Å². The van der Waals surface area contributed by atoms with Crippen LogP contribution in [0.3, 0.4) is 0 Å². The lowest BCUT2D eigenvalue weighted by Crippen LogP contribution is -2.44. The highest BCUT2D eigenvalue weighted by Gasteiger charge is 2.27. The molecular weight excluding hydrogens is 310 g/mol. The van der Waals surface area contributed by atoms with Crippen LogP contribution >= 0.6 is 11.6 Å². The molecule has 0 saturated heterocycles. The number of rotatable bonds is 5. The summed E-state index contributed by atoms with van der Waals surface area (Å²) in [6, 6.07) is 14.9. The molecule has 2 rings (SSSR count). The third-order valence-electron chi connectivity index (χ3n) is 3.44. The molecule has 0 bridgehead atoms. The normalized spacial score (nSPS) is 12.3. The number of hydrogen-bond donors (Lipinski definition) is 1. The fraction of sp³-hybridized carbons (Fsp3) is 0.278. The summed E-state index contributed by atoms with van der Waals surface area (Å²) >= 11 is 5.93. The van der Waals surface area contributed by atoms with Crippen LogP contribution in [0, 0.1) is 11.3 Å². The van der Waals surface area contributed by atoms with Crippen molar-refractivity contribution in [2.24, 2.45) is 0 Å². The highest BCUT2D eigenvalue weighted by atomic mass is 35.5. The van der Waals surface area contributed by atoms with Gasteiger partial charge in [0.05, 0.1) is 12.0 Å². The van der Waals surface area contributed by atoms with E-state index in [2.05, 4.69) is 16.4 Å². The van der Waals surface area contributed by atoms with Crippen LogP contribution in [-0.2, 0) is 11.2 Å². The van der Waals surface area contributed by atoms with E-state index >= 15 is 0 Å². The summed E-state index contributed by atoms with van der Waals surface area (Å²) in [5, 5.41) is 12.5. The number of nitrogens with one attached hydrogen (secondary N) is 1. The Hall–Kier alpha value is -2.38. The number of hydrogen-bond acceptors (Lipinski definition) is 3. The molecule has 0 radical (unpaired) electrons. The largest absolute Gasteiger partial charge is 0.338 e. The average molecular weight is 328 g/mol. The zero-order valence-corrected chi connectivity index (χ0v) is 13.8. The number of halogens is 1. The first-order valence-electron chi connectivity index (χ1n) is 7.30. The van der Waals surface area contributed by atoms with Gasteiger partial charge in [-0.25, -0.2) is 0 Å². The minimum Gasteiger partial charge on any atom is -0.338 e. The second kappa shape index (κ2) is 7.26. The molecule has 23 heavy (non-hydrogen) atoms. The van der Waals surface area contributed by atoms with Gasteiger partial charge in [-0.2, -0.15) is 5.26 Å². The summed E-state index contributed by atoms with van der Waals surface area (Å²) < 4.78 is 0. The first-order valence-corrected chi connectivity index (χ1v) is 7.68. The Morgan fingerprint density at radius 3 is 2.57 bits per heavy atom. The second-order valence-electron chi connectivity index (χ2n) is 5.86. The smallest absolute Gasteiger partial charge is 0.229 e. The number of nitriles is 1. The Balaban J connectivity index is 2.29. The quantitative estimate of drug-likeness (QED) is 0.914. The van der Waals surface area contributed by atoms with Gasteiger partial charge < -0.3 is 5.32 Å². The molecule has 1 unspecified atom stereocenters. The molecule has 0 aliphatic rings. The van der Waals surface area contributed by atoms with Crippen LogP contribution < -0.4 is 5.32 Å². The van der Waals surface area contributed by atoms with Crippen molar-refractivity contribution in [2.45, 2.75) is 31.7 Å². The molecule has 0 aliphatic heterocycles. The fourth-order valence-electron chi connectivity index (χ4n) is 2.21. The van der Waals surface area contributed by atoms with Gasteiger partial charge in [0.1, 0.15) is 5.54 Å². The Labute approximate surface area is 141 Å². The van der Waals surface area contributed by atoms with E-state index < -0.39 is 11.5 Å². The van der Waals surface area contributed by atoms with Crippen molar-refractivity contribution in [3.05, 3.63) is 64.9 Å². The number of carbonyl (C=O) groups is 1. The highest BCUT2D eigenvalue weighted by Crippen LogP contribution is 2.23. The van der Waals surface area contributed by atoms with E-state index in [0.29, 0.717) is 11.4 Å². The van der Waals surface area contributed by atoms with E-state index in [1.54, 1.807) is 32.2 Å². The molecule has 1 aromatic heterocycles. The number of carbonyl (C=O) groups excluding carboxylic acids is 1. The van der Waals surface area contributed by atoms with Gasteiger partial charge in [0.2, 0.25) is 5.91 Å². The first-order chi connectivity index (χ1) is 10.9. The molecular formula is C18H18ClN3O. The van der Waals surface area contributed by atoms with Gasteiger partial charge in [0.15, 0.2) is 0 Å². The molecule has 0 spiro atoms. The summed E-state index contributed by atoms with van der Waals surface area (Å²) in [6.07, 6.45) is 2.15. The number of pyridine rings is 1. The van der Waals surface area contributed by atoms with Gasteiger partial charge in [0, 0.05) is 23.3 Å². The maximum Gasteiger partial charge on any atom is 0.229 e. The Morgan fingerprint density at radius 1 is 1.30 bits per heavy atom. The van der Waals surface area contributed by atoms with Crippen LogP contribution in [0.1, 0.15) is 31.0 Å². The summed E-state index contributed by atoms with van der Waals surface area (Å²) in [5.74, 6) is -0.640. The van der Waals surface area contributed by atoms with E-state index in [9.17, 15) is 4.79 Å². The Kier molecular flexibility index (Phi) is 5.36. The van der Waals surface area contributed by atoms with Crippen molar-refractivity contribution in [3.8, 4) is 6.07 Å². The third-order valence-corrected chi connectivity index (χ3v) is 3.70. The molecule has 1 N–H and O–H groups in total. The Morgan fingerprint density at radius 2 is 2.00 bits per heavy atom. The van der Waals surface area contributed by atoms with Crippen molar-refractivity contribution in [3.63, 3.8) is 0 Å². The number of aromatic nitrogens is 1. The lowest BCUT2D eigenvalue weighted by molar-refractivity contribution is -0.123. The lowest BCUT2D eigenvalue weighted by atomic mass is 9.92. The van der Waals surface area contributed by atoms with Crippen LogP contribution in [0.2, 0.25) is 5.02 Å². The van der Waals surface area contributed by atoms with Crippen molar-refractivity contribution in [2.75, 3.05) is 0 Å². The zero-order chi connectivity index (χ0) is 16.9. The number of amides is 1. The van der Waals surface area contributed by atoms with Gasteiger partial charge >= 0.3 is 0 Å². The molecule has 0 saturated carbocycles. The highest BCUT2D eigenvalue weighted by molar-refractivity contribution is 6.30. The molecule has 1 atom stereocenters.